The highest BCUT2D eigenvalue weighted by Gasteiger charge is 2.05. The highest BCUT2D eigenvalue weighted by atomic mass is 19.1. The smallest absolute Gasteiger partial charge is 0.165 e. The number of carbonyl (C=O) groups excluding carboxylic acids is 1. The van der Waals surface area contributed by atoms with Crippen molar-refractivity contribution in [3.63, 3.8) is 0 Å². The maximum Gasteiger partial charge on any atom is 0.165 e. The fourth-order valence-corrected chi connectivity index (χ4v) is 1.62. The number of carbonyl (C=O) groups is 1. The van der Waals surface area contributed by atoms with Crippen LogP contribution in [0.5, 0.6) is 5.75 Å². The van der Waals surface area contributed by atoms with Crippen LogP contribution >= 0.6 is 0 Å². The summed E-state index contributed by atoms with van der Waals surface area (Å²) < 4.78 is 18.9. The molecule has 0 aliphatic heterocycles. The van der Waals surface area contributed by atoms with Gasteiger partial charge in [0.15, 0.2) is 11.6 Å². The zero-order valence-corrected chi connectivity index (χ0v) is 9.80. The third-order valence-electron chi connectivity index (χ3n) is 2.55. The van der Waals surface area contributed by atoms with Gasteiger partial charge in [0.1, 0.15) is 12.9 Å². The van der Waals surface area contributed by atoms with Crippen molar-refractivity contribution in [1.82, 2.24) is 0 Å². The Bertz CT molecular complexity index is 523. The summed E-state index contributed by atoms with van der Waals surface area (Å²) in [5.41, 5.74) is 1.71. The molecular weight excluding hydrogens is 231 g/mol. The van der Waals surface area contributed by atoms with E-state index in [4.69, 9.17) is 4.74 Å². The van der Waals surface area contributed by atoms with Gasteiger partial charge < -0.3 is 9.53 Å². The number of halogens is 1. The lowest BCUT2D eigenvalue weighted by molar-refractivity contribution is -0.107. The molecule has 0 N–H and O–H groups in total. The summed E-state index contributed by atoms with van der Waals surface area (Å²) in [4.78, 5) is 10.4. The third-order valence-corrected chi connectivity index (χ3v) is 2.55. The first kappa shape index (κ1) is 12.3. The Hall–Kier alpha value is -2.16. The van der Waals surface area contributed by atoms with Gasteiger partial charge in [-0.15, -0.1) is 0 Å². The van der Waals surface area contributed by atoms with Gasteiger partial charge in [0.25, 0.3) is 0 Å². The highest BCUT2D eigenvalue weighted by molar-refractivity contribution is 5.55. The van der Waals surface area contributed by atoms with Crippen molar-refractivity contribution in [2.45, 2.75) is 13.0 Å². The molecule has 0 amide bonds. The predicted molar refractivity (Wildman–Crippen MR) is 66.9 cm³/mol. The van der Waals surface area contributed by atoms with Gasteiger partial charge in [-0.25, -0.2) is 4.39 Å². The van der Waals surface area contributed by atoms with Crippen LogP contribution in [0.1, 0.15) is 11.1 Å². The van der Waals surface area contributed by atoms with Crippen molar-refractivity contribution >= 4 is 6.29 Å². The molecule has 2 aromatic rings. The molecule has 0 heterocycles. The second-order valence-corrected chi connectivity index (χ2v) is 3.91. The Morgan fingerprint density at radius 2 is 1.83 bits per heavy atom. The van der Waals surface area contributed by atoms with E-state index in [1.807, 2.05) is 30.3 Å². The van der Waals surface area contributed by atoms with E-state index in [9.17, 15) is 9.18 Å². The Labute approximate surface area is 105 Å². The molecule has 0 spiro atoms. The van der Waals surface area contributed by atoms with E-state index in [-0.39, 0.29) is 12.2 Å². The van der Waals surface area contributed by atoms with Crippen LogP contribution in [0.3, 0.4) is 0 Å². The van der Waals surface area contributed by atoms with Crippen LogP contribution in [0.2, 0.25) is 0 Å². The molecule has 0 fully saturated rings. The van der Waals surface area contributed by atoms with Crippen molar-refractivity contribution in [1.29, 1.82) is 0 Å². The molecule has 3 heteroatoms. The van der Waals surface area contributed by atoms with E-state index in [2.05, 4.69) is 0 Å². The van der Waals surface area contributed by atoms with Crippen molar-refractivity contribution < 1.29 is 13.9 Å². The van der Waals surface area contributed by atoms with Crippen molar-refractivity contribution in [2.75, 3.05) is 0 Å². The summed E-state index contributed by atoms with van der Waals surface area (Å²) in [6, 6.07) is 14.0. The van der Waals surface area contributed by atoms with Gasteiger partial charge in [-0.2, -0.15) is 0 Å². The van der Waals surface area contributed by atoms with Crippen LogP contribution in [-0.4, -0.2) is 6.29 Å². The summed E-state index contributed by atoms with van der Waals surface area (Å²) in [7, 11) is 0. The van der Waals surface area contributed by atoms with Gasteiger partial charge in [0.05, 0.1) is 0 Å². The largest absolute Gasteiger partial charge is 0.486 e. The molecule has 92 valence electrons. The fourth-order valence-electron chi connectivity index (χ4n) is 1.62. The van der Waals surface area contributed by atoms with Crippen LogP contribution in [0, 0.1) is 5.82 Å². The lowest BCUT2D eigenvalue weighted by Crippen LogP contribution is -1.98. The van der Waals surface area contributed by atoms with Crippen LogP contribution in [0.15, 0.2) is 48.5 Å². The normalized spacial score (nSPS) is 10.1. The van der Waals surface area contributed by atoms with Crippen LogP contribution < -0.4 is 4.74 Å². The quantitative estimate of drug-likeness (QED) is 0.755. The molecular formula is C15H13FO2. The molecule has 0 bridgehead atoms. The summed E-state index contributed by atoms with van der Waals surface area (Å²) in [5.74, 6) is -0.237. The predicted octanol–water partition coefficient (Wildman–Crippen LogP) is 3.15. The number of hydrogen-bond acceptors (Lipinski definition) is 2. The minimum Gasteiger partial charge on any atom is -0.486 e. The third kappa shape index (κ3) is 3.17. The standard InChI is InChI=1S/C15H13FO2/c16-14-7-6-12(8-9-17)10-15(14)18-11-13-4-2-1-3-5-13/h1-7,9-10H,8,11H2. The number of hydrogen-bond donors (Lipinski definition) is 0. The van der Waals surface area contributed by atoms with Gasteiger partial charge in [-0.3, -0.25) is 0 Å². The van der Waals surface area contributed by atoms with Gasteiger partial charge in [-0.05, 0) is 23.3 Å². The average Bonchev–Trinajstić information content (AvgIpc) is 2.41. The molecule has 0 aromatic heterocycles. The molecule has 0 aliphatic rings. The van der Waals surface area contributed by atoms with Gasteiger partial charge in [0, 0.05) is 6.42 Å². The first-order valence-electron chi connectivity index (χ1n) is 5.68. The van der Waals surface area contributed by atoms with Crippen molar-refractivity contribution in [3.05, 3.63) is 65.5 Å². The average molecular weight is 244 g/mol. The number of rotatable bonds is 5. The molecule has 0 unspecified atom stereocenters. The zero-order chi connectivity index (χ0) is 12.8. The minimum atomic E-state index is -0.416. The monoisotopic (exact) mass is 244 g/mol. The summed E-state index contributed by atoms with van der Waals surface area (Å²) in [6.45, 7) is 0.308. The van der Waals surface area contributed by atoms with Crippen molar-refractivity contribution in [2.24, 2.45) is 0 Å². The SMILES string of the molecule is O=CCc1ccc(F)c(OCc2ccccc2)c1. The molecule has 0 saturated carbocycles. The summed E-state index contributed by atoms with van der Waals surface area (Å²) in [6.07, 6.45) is 1.05. The van der Waals surface area contributed by atoms with E-state index in [0.717, 1.165) is 17.4 Å². The number of aldehydes is 1. The second-order valence-electron chi connectivity index (χ2n) is 3.91. The van der Waals surface area contributed by atoms with Crippen LogP contribution in [0.4, 0.5) is 4.39 Å². The van der Waals surface area contributed by atoms with Gasteiger partial charge in [0.2, 0.25) is 0 Å². The van der Waals surface area contributed by atoms with E-state index in [1.165, 1.54) is 6.07 Å². The van der Waals surface area contributed by atoms with Crippen LogP contribution in [0.25, 0.3) is 0 Å². The number of ether oxygens (including phenoxy) is 1. The molecule has 0 aliphatic carbocycles. The van der Waals surface area contributed by atoms with Crippen molar-refractivity contribution in [3.8, 4) is 5.75 Å². The second kappa shape index (κ2) is 5.96. The topological polar surface area (TPSA) is 26.3 Å². The molecule has 18 heavy (non-hydrogen) atoms. The minimum absolute atomic E-state index is 0.179. The molecule has 0 atom stereocenters. The molecule has 2 aromatic carbocycles. The van der Waals surface area contributed by atoms with E-state index in [0.29, 0.717) is 6.61 Å². The van der Waals surface area contributed by atoms with E-state index in [1.54, 1.807) is 12.1 Å². The van der Waals surface area contributed by atoms with Gasteiger partial charge >= 0.3 is 0 Å². The molecule has 2 nitrogen and oxygen atoms in total. The molecule has 2 rings (SSSR count). The van der Waals surface area contributed by atoms with E-state index >= 15 is 0 Å². The first-order valence-corrected chi connectivity index (χ1v) is 5.68. The molecule has 0 saturated heterocycles. The maximum atomic E-state index is 13.5. The lowest BCUT2D eigenvalue weighted by Gasteiger charge is -2.08. The highest BCUT2D eigenvalue weighted by Crippen LogP contribution is 2.20. The Morgan fingerprint density at radius 1 is 1.06 bits per heavy atom. The van der Waals surface area contributed by atoms with Crippen LogP contribution in [-0.2, 0) is 17.8 Å². The summed E-state index contributed by atoms with van der Waals surface area (Å²) >= 11 is 0. The first-order chi connectivity index (χ1) is 8.79. The Balaban J connectivity index is 2.08. The van der Waals surface area contributed by atoms with Gasteiger partial charge in [-0.1, -0.05) is 36.4 Å². The zero-order valence-electron chi connectivity index (χ0n) is 9.80. The number of benzene rings is 2. The Morgan fingerprint density at radius 3 is 2.56 bits per heavy atom. The lowest BCUT2D eigenvalue weighted by atomic mass is 10.1. The molecule has 0 radical (unpaired) electrons. The van der Waals surface area contributed by atoms with E-state index < -0.39 is 5.82 Å². The Kier molecular flexibility index (Phi) is 4.07. The summed E-state index contributed by atoms with van der Waals surface area (Å²) in [5, 5.41) is 0. The fraction of sp³-hybridized carbons (Fsp3) is 0.133. The maximum absolute atomic E-state index is 13.5.